The maximum atomic E-state index is 5.59. The molecule has 2 aromatic heterocycles. The average molecular weight is 551 g/mol. The van der Waals surface area contributed by atoms with Crippen molar-refractivity contribution in [3.63, 3.8) is 0 Å². The van der Waals surface area contributed by atoms with Gasteiger partial charge >= 0.3 is 0 Å². The van der Waals surface area contributed by atoms with Crippen LogP contribution in [0.25, 0.3) is 10.8 Å². The van der Waals surface area contributed by atoms with Crippen LogP contribution in [0.1, 0.15) is 31.0 Å². The third-order valence-electron chi connectivity index (χ3n) is 5.53. The maximum Gasteiger partial charge on any atom is 0.236 e. The molecule has 1 aliphatic heterocycles. The van der Waals surface area contributed by atoms with Crippen molar-refractivity contribution in [3.05, 3.63) is 65.4 Å². The number of oxazole rings is 1. The minimum Gasteiger partial charge on any atom is -0.443 e. The minimum atomic E-state index is 0. The van der Waals surface area contributed by atoms with Crippen LogP contribution in [-0.4, -0.2) is 41.5 Å². The number of hydrogen-bond acceptors (Lipinski definition) is 5. The van der Waals surface area contributed by atoms with Gasteiger partial charge in [-0.15, -0.1) is 35.3 Å². The molecule has 4 rings (SSSR count). The summed E-state index contributed by atoms with van der Waals surface area (Å²) in [6.07, 6.45) is 3.91. The lowest BCUT2D eigenvalue weighted by atomic mass is 9.97. The first-order valence-electron chi connectivity index (χ1n) is 10.4. The summed E-state index contributed by atoms with van der Waals surface area (Å²) in [6.45, 7) is 4.99. The fourth-order valence-electron chi connectivity index (χ4n) is 3.87. The third-order valence-corrected chi connectivity index (χ3v) is 6.39. The molecule has 2 unspecified atom stereocenters. The van der Waals surface area contributed by atoms with Crippen LogP contribution in [0.5, 0.6) is 0 Å². The van der Waals surface area contributed by atoms with Crippen LogP contribution in [0.4, 0.5) is 0 Å². The van der Waals surface area contributed by atoms with Gasteiger partial charge in [0.15, 0.2) is 5.96 Å². The Bertz CT molecular complexity index is 944. The topological polar surface area (TPSA) is 65.7 Å². The van der Waals surface area contributed by atoms with Crippen LogP contribution in [0.3, 0.4) is 0 Å². The lowest BCUT2D eigenvalue weighted by Gasteiger charge is -2.38. The fraction of sp³-hybridized carbons (Fsp3) is 0.391. The molecule has 2 atom stereocenters. The summed E-state index contributed by atoms with van der Waals surface area (Å²) < 4.78 is 5.59. The Hall–Kier alpha value is -1.91. The highest BCUT2D eigenvalue weighted by molar-refractivity contribution is 14.0. The molecule has 0 saturated carbocycles. The molecule has 0 spiro atoms. The molecular formula is C23H30IN5OS. The summed E-state index contributed by atoms with van der Waals surface area (Å²) in [5.74, 6) is 1.48. The minimum absolute atomic E-state index is 0. The van der Waals surface area contributed by atoms with E-state index in [-0.39, 0.29) is 24.0 Å². The number of rotatable bonds is 6. The molecule has 166 valence electrons. The number of piperidine rings is 1. The highest BCUT2D eigenvalue weighted by Crippen LogP contribution is 2.23. The monoisotopic (exact) mass is 551 g/mol. The zero-order chi connectivity index (χ0) is 20.8. The first kappa shape index (κ1) is 23.7. The molecule has 1 aliphatic rings. The summed E-state index contributed by atoms with van der Waals surface area (Å²) in [5, 5.41) is 8.97. The Morgan fingerprint density at radius 1 is 1.26 bits per heavy atom. The van der Waals surface area contributed by atoms with Crippen LogP contribution in [0.15, 0.2) is 63.5 Å². The van der Waals surface area contributed by atoms with Crippen molar-refractivity contribution in [3.8, 4) is 10.8 Å². The SMILES string of the molecule is CN=C(NCc1coc(-c2cccs2)n1)NC1CCN(Cc2ccccc2)C(C)C1.I. The van der Waals surface area contributed by atoms with E-state index in [1.165, 1.54) is 5.56 Å². The van der Waals surface area contributed by atoms with Gasteiger partial charge < -0.3 is 15.1 Å². The van der Waals surface area contributed by atoms with E-state index in [1.54, 1.807) is 17.6 Å². The van der Waals surface area contributed by atoms with Gasteiger partial charge in [0, 0.05) is 32.2 Å². The normalized spacial score (nSPS) is 19.6. The second-order valence-electron chi connectivity index (χ2n) is 7.72. The van der Waals surface area contributed by atoms with Crippen molar-refractivity contribution in [2.75, 3.05) is 13.6 Å². The van der Waals surface area contributed by atoms with Gasteiger partial charge in [0.25, 0.3) is 0 Å². The standard InChI is InChI=1S/C23H29N5OS.HI/c1-17-13-19(10-11-28(17)15-18-7-4-3-5-8-18)27-23(24-2)25-14-20-16-29-22(26-20)21-9-6-12-30-21;/h3-9,12,16-17,19H,10-11,13-15H2,1-2H3,(H2,24,25,27);1H. The highest BCUT2D eigenvalue weighted by Gasteiger charge is 2.26. The van der Waals surface area contributed by atoms with E-state index in [0.29, 0.717) is 24.5 Å². The molecule has 2 N–H and O–H groups in total. The van der Waals surface area contributed by atoms with Crippen LogP contribution < -0.4 is 10.6 Å². The van der Waals surface area contributed by atoms with Crippen molar-refractivity contribution in [1.29, 1.82) is 0 Å². The number of hydrogen-bond donors (Lipinski definition) is 2. The largest absolute Gasteiger partial charge is 0.443 e. The van der Waals surface area contributed by atoms with E-state index in [2.05, 4.69) is 62.8 Å². The summed E-state index contributed by atoms with van der Waals surface area (Å²) >= 11 is 1.63. The maximum absolute atomic E-state index is 5.59. The molecule has 3 heterocycles. The average Bonchev–Trinajstić information content (AvgIpc) is 3.45. The third kappa shape index (κ3) is 6.54. The Morgan fingerprint density at radius 3 is 2.81 bits per heavy atom. The van der Waals surface area contributed by atoms with Gasteiger partial charge in [-0.05, 0) is 36.8 Å². The second-order valence-corrected chi connectivity index (χ2v) is 8.67. The molecule has 0 aliphatic carbocycles. The van der Waals surface area contributed by atoms with E-state index in [0.717, 1.165) is 42.5 Å². The molecule has 1 fully saturated rings. The number of aliphatic imine (C=N–C) groups is 1. The molecule has 0 radical (unpaired) electrons. The Labute approximate surface area is 205 Å². The summed E-state index contributed by atoms with van der Waals surface area (Å²) in [5.41, 5.74) is 2.25. The second kappa shape index (κ2) is 11.6. The molecule has 3 aromatic rings. The number of thiophene rings is 1. The van der Waals surface area contributed by atoms with E-state index in [1.807, 2.05) is 24.6 Å². The van der Waals surface area contributed by atoms with Crippen LogP contribution >= 0.6 is 35.3 Å². The first-order valence-corrected chi connectivity index (χ1v) is 11.3. The Kier molecular flexibility index (Phi) is 8.91. The van der Waals surface area contributed by atoms with Gasteiger partial charge in [0.1, 0.15) is 6.26 Å². The van der Waals surface area contributed by atoms with Crippen LogP contribution in [0, 0.1) is 0 Å². The van der Waals surface area contributed by atoms with Gasteiger partial charge in [-0.2, -0.15) is 0 Å². The molecule has 1 aromatic carbocycles. The molecule has 31 heavy (non-hydrogen) atoms. The first-order chi connectivity index (χ1) is 14.7. The van der Waals surface area contributed by atoms with Crippen molar-refractivity contribution in [2.45, 2.75) is 44.9 Å². The van der Waals surface area contributed by atoms with Crippen molar-refractivity contribution in [1.82, 2.24) is 20.5 Å². The zero-order valence-corrected chi connectivity index (χ0v) is 21.1. The zero-order valence-electron chi connectivity index (χ0n) is 18.0. The number of likely N-dealkylation sites (tertiary alicyclic amines) is 1. The predicted octanol–water partition coefficient (Wildman–Crippen LogP) is 4.74. The van der Waals surface area contributed by atoms with E-state index >= 15 is 0 Å². The molecule has 1 saturated heterocycles. The van der Waals surface area contributed by atoms with Gasteiger partial charge in [-0.25, -0.2) is 4.98 Å². The van der Waals surface area contributed by atoms with Crippen molar-refractivity contribution in [2.24, 2.45) is 4.99 Å². The van der Waals surface area contributed by atoms with E-state index in [9.17, 15) is 0 Å². The molecule has 6 nitrogen and oxygen atoms in total. The molecule has 0 amide bonds. The lowest BCUT2D eigenvalue weighted by molar-refractivity contribution is 0.134. The molecule has 0 bridgehead atoms. The number of nitrogens with one attached hydrogen (secondary N) is 2. The number of halogens is 1. The van der Waals surface area contributed by atoms with Gasteiger partial charge in [0.05, 0.1) is 17.1 Å². The molecule has 8 heteroatoms. The number of guanidine groups is 1. The summed E-state index contributed by atoms with van der Waals surface area (Å²) in [7, 11) is 1.81. The smallest absolute Gasteiger partial charge is 0.236 e. The highest BCUT2D eigenvalue weighted by atomic mass is 127. The van der Waals surface area contributed by atoms with Crippen molar-refractivity contribution >= 4 is 41.3 Å². The number of benzene rings is 1. The predicted molar refractivity (Wildman–Crippen MR) is 138 cm³/mol. The van der Waals surface area contributed by atoms with E-state index in [4.69, 9.17) is 4.42 Å². The number of aromatic nitrogens is 1. The van der Waals surface area contributed by atoms with Gasteiger partial charge in [-0.3, -0.25) is 9.89 Å². The van der Waals surface area contributed by atoms with Crippen molar-refractivity contribution < 1.29 is 4.42 Å². The lowest BCUT2D eigenvalue weighted by Crippen LogP contribution is -2.51. The summed E-state index contributed by atoms with van der Waals surface area (Å²) in [4.78, 5) is 12.6. The Balaban J connectivity index is 0.00000272. The quantitative estimate of drug-likeness (QED) is 0.263. The molecular weight excluding hydrogens is 521 g/mol. The van der Waals surface area contributed by atoms with Gasteiger partial charge in [-0.1, -0.05) is 36.4 Å². The van der Waals surface area contributed by atoms with Crippen LogP contribution in [-0.2, 0) is 13.1 Å². The fourth-order valence-corrected chi connectivity index (χ4v) is 4.52. The van der Waals surface area contributed by atoms with Gasteiger partial charge in [0.2, 0.25) is 5.89 Å². The number of nitrogens with zero attached hydrogens (tertiary/aromatic N) is 3. The Morgan fingerprint density at radius 2 is 2.10 bits per heavy atom. The summed E-state index contributed by atoms with van der Waals surface area (Å²) in [6, 6.07) is 15.7. The van der Waals surface area contributed by atoms with E-state index < -0.39 is 0 Å². The van der Waals surface area contributed by atoms with Crippen LogP contribution in [0.2, 0.25) is 0 Å².